The topological polar surface area (TPSA) is 58.6 Å². The van der Waals surface area contributed by atoms with Crippen molar-refractivity contribution in [3.8, 4) is 0 Å². The Morgan fingerprint density at radius 1 is 1.27 bits per heavy atom. The number of aliphatic hydroxyl groups excluding tert-OH is 1. The summed E-state index contributed by atoms with van der Waals surface area (Å²) in [6.45, 7) is 0.584. The van der Waals surface area contributed by atoms with Gasteiger partial charge in [-0.1, -0.05) is 36.4 Å². The summed E-state index contributed by atoms with van der Waals surface area (Å²) in [5, 5.41) is 13.6. The van der Waals surface area contributed by atoms with Crippen LogP contribution >= 0.6 is 0 Å². The van der Waals surface area contributed by atoms with Gasteiger partial charge in [-0.15, -0.1) is 0 Å². The van der Waals surface area contributed by atoms with Gasteiger partial charge in [-0.05, 0) is 28.8 Å². The molecule has 4 nitrogen and oxygen atoms in total. The number of nitrogens with one attached hydrogen (secondary N) is 1. The van der Waals surface area contributed by atoms with Crippen molar-refractivity contribution in [1.82, 2.24) is 5.32 Å². The number of hydrogen-bond donors (Lipinski definition) is 2. The Kier molecular flexibility index (Phi) is 4.22. The Bertz CT molecular complexity index is 684. The van der Waals surface area contributed by atoms with Crippen LogP contribution in [-0.4, -0.2) is 24.3 Å². The van der Waals surface area contributed by atoms with E-state index in [-0.39, 0.29) is 12.0 Å². The molecule has 2 N–H and O–H groups in total. The van der Waals surface area contributed by atoms with Crippen molar-refractivity contribution in [3.63, 3.8) is 0 Å². The largest absolute Gasteiger partial charge is 0.465 e. The summed E-state index contributed by atoms with van der Waals surface area (Å²) in [6.07, 6.45) is 0.261. The van der Waals surface area contributed by atoms with Crippen molar-refractivity contribution < 1.29 is 14.6 Å². The molecule has 0 aliphatic heterocycles. The van der Waals surface area contributed by atoms with Crippen LogP contribution in [0.3, 0.4) is 0 Å². The smallest absolute Gasteiger partial charge is 0.337 e. The molecule has 0 unspecified atom stereocenters. The summed E-state index contributed by atoms with van der Waals surface area (Å²) in [4.78, 5) is 11.6. The normalized spacial score (nSPS) is 19.7. The minimum Gasteiger partial charge on any atom is -0.465 e. The Labute approximate surface area is 129 Å². The summed E-state index contributed by atoms with van der Waals surface area (Å²) in [5.41, 5.74) is 3.86. The Morgan fingerprint density at radius 3 is 2.91 bits per heavy atom. The summed E-state index contributed by atoms with van der Waals surface area (Å²) >= 11 is 0. The fraction of sp³-hybridized carbons (Fsp3) is 0.278. The summed E-state index contributed by atoms with van der Waals surface area (Å²) < 4.78 is 4.73. The van der Waals surface area contributed by atoms with Crippen LogP contribution in [0.4, 0.5) is 0 Å². The summed E-state index contributed by atoms with van der Waals surface area (Å²) in [5.74, 6) is -0.340. The molecule has 2 aromatic carbocycles. The monoisotopic (exact) mass is 297 g/mol. The Balaban J connectivity index is 1.72. The quantitative estimate of drug-likeness (QED) is 0.850. The lowest BCUT2D eigenvalue weighted by Gasteiger charge is -2.18. The minimum atomic E-state index is -0.416. The molecule has 0 fully saturated rings. The van der Waals surface area contributed by atoms with E-state index in [0.29, 0.717) is 18.5 Å². The second-order valence-electron chi connectivity index (χ2n) is 5.52. The van der Waals surface area contributed by atoms with Gasteiger partial charge in [-0.2, -0.15) is 0 Å². The first-order chi connectivity index (χ1) is 10.7. The van der Waals surface area contributed by atoms with E-state index in [1.54, 1.807) is 6.07 Å². The first-order valence-electron chi connectivity index (χ1n) is 7.35. The van der Waals surface area contributed by atoms with Gasteiger partial charge >= 0.3 is 5.97 Å². The predicted molar refractivity (Wildman–Crippen MR) is 83.5 cm³/mol. The van der Waals surface area contributed by atoms with E-state index in [1.807, 2.05) is 36.4 Å². The lowest BCUT2D eigenvalue weighted by Crippen LogP contribution is -2.28. The van der Waals surface area contributed by atoms with Crippen molar-refractivity contribution in [2.45, 2.75) is 25.1 Å². The number of fused-ring (bicyclic) bond motifs is 1. The molecule has 22 heavy (non-hydrogen) atoms. The average Bonchev–Trinajstić information content (AvgIpc) is 2.87. The van der Waals surface area contributed by atoms with E-state index in [2.05, 4.69) is 11.4 Å². The molecule has 4 heteroatoms. The molecule has 0 bridgehead atoms. The third-order valence-electron chi connectivity index (χ3n) is 4.08. The van der Waals surface area contributed by atoms with Crippen molar-refractivity contribution in [3.05, 3.63) is 70.8 Å². The van der Waals surface area contributed by atoms with E-state index < -0.39 is 6.10 Å². The SMILES string of the molecule is COC(=O)c1cccc(CN[C@@H]2c3ccccc3C[C@@H]2O)c1. The number of carbonyl (C=O) groups excluding carboxylic acids is 1. The maximum Gasteiger partial charge on any atom is 0.337 e. The molecule has 0 saturated heterocycles. The average molecular weight is 297 g/mol. The van der Waals surface area contributed by atoms with Crippen molar-refractivity contribution in [2.75, 3.05) is 7.11 Å². The van der Waals surface area contributed by atoms with Gasteiger partial charge in [-0.25, -0.2) is 4.79 Å². The number of hydrogen-bond acceptors (Lipinski definition) is 4. The van der Waals surface area contributed by atoms with Gasteiger partial charge in [0, 0.05) is 13.0 Å². The zero-order valence-electron chi connectivity index (χ0n) is 12.5. The van der Waals surface area contributed by atoms with Crippen LogP contribution in [0.25, 0.3) is 0 Å². The number of aliphatic hydroxyl groups is 1. The molecule has 2 aromatic rings. The summed E-state index contributed by atoms with van der Waals surface area (Å²) in [6, 6.07) is 15.3. The molecule has 1 aliphatic rings. The van der Waals surface area contributed by atoms with Crippen LogP contribution in [0.15, 0.2) is 48.5 Å². The van der Waals surface area contributed by atoms with Crippen LogP contribution < -0.4 is 5.32 Å². The van der Waals surface area contributed by atoms with Crippen molar-refractivity contribution in [1.29, 1.82) is 0 Å². The lowest BCUT2D eigenvalue weighted by molar-refractivity contribution is 0.0600. The minimum absolute atomic E-state index is 0.0713. The first kappa shape index (κ1) is 14.8. The van der Waals surface area contributed by atoms with Crippen LogP contribution in [0.1, 0.15) is 33.1 Å². The highest BCUT2D eigenvalue weighted by molar-refractivity contribution is 5.89. The van der Waals surface area contributed by atoms with Gasteiger partial charge in [0.15, 0.2) is 0 Å². The van der Waals surface area contributed by atoms with Gasteiger partial charge < -0.3 is 15.2 Å². The second-order valence-corrected chi connectivity index (χ2v) is 5.52. The zero-order chi connectivity index (χ0) is 15.5. The standard InChI is InChI=1S/C18H19NO3/c1-22-18(21)14-7-4-5-12(9-14)11-19-17-15-8-3-2-6-13(15)10-16(17)20/h2-9,16-17,19-20H,10-11H2,1H3/t16-,17+/m0/s1. The molecule has 3 rings (SSSR count). The van der Waals surface area contributed by atoms with Gasteiger partial charge in [0.1, 0.15) is 0 Å². The highest BCUT2D eigenvalue weighted by atomic mass is 16.5. The number of rotatable bonds is 4. The number of carbonyl (C=O) groups is 1. The van der Waals surface area contributed by atoms with Crippen molar-refractivity contribution in [2.24, 2.45) is 0 Å². The van der Waals surface area contributed by atoms with E-state index in [0.717, 1.165) is 11.1 Å². The predicted octanol–water partition coefficient (Wildman–Crippen LogP) is 2.22. The molecule has 0 amide bonds. The molecule has 0 saturated carbocycles. The molecular formula is C18H19NO3. The van der Waals surface area contributed by atoms with Crippen LogP contribution in [0.5, 0.6) is 0 Å². The Hall–Kier alpha value is -2.17. The van der Waals surface area contributed by atoms with Gasteiger partial charge in [0.05, 0.1) is 24.8 Å². The lowest BCUT2D eigenvalue weighted by atomic mass is 10.1. The highest BCUT2D eigenvalue weighted by Crippen LogP contribution is 2.31. The van der Waals surface area contributed by atoms with E-state index >= 15 is 0 Å². The fourth-order valence-corrected chi connectivity index (χ4v) is 2.97. The molecule has 0 spiro atoms. The maximum atomic E-state index is 11.6. The number of methoxy groups -OCH3 is 1. The van der Waals surface area contributed by atoms with Crippen LogP contribution in [0, 0.1) is 0 Å². The molecule has 0 aromatic heterocycles. The third kappa shape index (κ3) is 2.89. The van der Waals surface area contributed by atoms with Gasteiger partial charge in [0.25, 0.3) is 0 Å². The highest BCUT2D eigenvalue weighted by Gasteiger charge is 2.30. The van der Waals surface area contributed by atoms with Gasteiger partial charge in [0.2, 0.25) is 0 Å². The van der Waals surface area contributed by atoms with E-state index in [1.165, 1.54) is 12.7 Å². The second kappa shape index (κ2) is 6.30. The van der Waals surface area contributed by atoms with E-state index in [4.69, 9.17) is 4.74 Å². The number of ether oxygens (including phenoxy) is 1. The van der Waals surface area contributed by atoms with Crippen LogP contribution in [0.2, 0.25) is 0 Å². The third-order valence-corrected chi connectivity index (χ3v) is 4.08. The molecule has 0 heterocycles. The Morgan fingerprint density at radius 2 is 2.09 bits per heavy atom. The molecule has 2 atom stereocenters. The maximum absolute atomic E-state index is 11.6. The first-order valence-corrected chi connectivity index (χ1v) is 7.35. The summed E-state index contributed by atoms with van der Waals surface area (Å²) in [7, 11) is 1.37. The fourth-order valence-electron chi connectivity index (χ4n) is 2.97. The molecule has 114 valence electrons. The molecule has 1 aliphatic carbocycles. The van der Waals surface area contributed by atoms with Gasteiger partial charge in [-0.3, -0.25) is 0 Å². The van der Waals surface area contributed by atoms with Crippen molar-refractivity contribution >= 4 is 5.97 Å². The zero-order valence-corrected chi connectivity index (χ0v) is 12.5. The van der Waals surface area contributed by atoms with E-state index in [9.17, 15) is 9.90 Å². The molecule has 0 radical (unpaired) electrons. The molecular weight excluding hydrogens is 278 g/mol. The van der Waals surface area contributed by atoms with Crippen LogP contribution in [-0.2, 0) is 17.7 Å². The number of benzene rings is 2. The number of esters is 1.